The molecule has 0 aliphatic heterocycles. The number of amides is 1. The molecule has 4 nitrogen and oxygen atoms in total. The van der Waals surface area contributed by atoms with Crippen molar-refractivity contribution in [3.8, 4) is 5.75 Å². The SMILES string of the molecule is NC(=S)NC(=O)c1cccc(OCc2cccc(Cl)c2)c1. The van der Waals surface area contributed by atoms with Crippen LogP contribution in [-0.2, 0) is 6.61 Å². The van der Waals surface area contributed by atoms with E-state index in [-0.39, 0.29) is 11.0 Å². The Kier molecular flexibility index (Phi) is 5.14. The van der Waals surface area contributed by atoms with Gasteiger partial charge in [0.2, 0.25) is 0 Å². The van der Waals surface area contributed by atoms with E-state index < -0.39 is 0 Å². The molecule has 3 N–H and O–H groups in total. The molecule has 0 unspecified atom stereocenters. The molecule has 1 amide bonds. The highest BCUT2D eigenvalue weighted by Gasteiger charge is 2.07. The van der Waals surface area contributed by atoms with Crippen LogP contribution in [0.25, 0.3) is 0 Å². The Morgan fingerprint density at radius 2 is 2.00 bits per heavy atom. The van der Waals surface area contributed by atoms with Crippen molar-refractivity contribution in [2.75, 3.05) is 0 Å². The quantitative estimate of drug-likeness (QED) is 0.850. The van der Waals surface area contributed by atoms with Gasteiger partial charge in [-0.15, -0.1) is 0 Å². The average Bonchev–Trinajstić information content (AvgIpc) is 2.45. The number of ether oxygens (including phenoxy) is 1. The van der Waals surface area contributed by atoms with Crippen molar-refractivity contribution >= 4 is 34.8 Å². The first-order valence-electron chi connectivity index (χ1n) is 6.12. The molecule has 0 fully saturated rings. The number of hydrogen-bond donors (Lipinski definition) is 2. The van der Waals surface area contributed by atoms with E-state index in [1.165, 1.54) is 0 Å². The van der Waals surface area contributed by atoms with Crippen LogP contribution in [0.2, 0.25) is 5.02 Å². The minimum Gasteiger partial charge on any atom is -0.489 e. The molecule has 108 valence electrons. The van der Waals surface area contributed by atoms with E-state index in [1.54, 1.807) is 30.3 Å². The zero-order valence-electron chi connectivity index (χ0n) is 11.0. The van der Waals surface area contributed by atoms with Gasteiger partial charge in [-0.05, 0) is 48.1 Å². The minimum atomic E-state index is -0.365. The van der Waals surface area contributed by atoms with Crippen LogP contribution in [0.4, 0.5) is 0 Å². The molecular formula is C15H13ClN2O2S. The fourth-order valence-electron chi connectivity index (χ4n) is 1.70. The van der Waals surface area contributed by atoms with E-state index in [2.05, 4.69) is 17.5 Å². The molecule has 0 heterocycles. The van der Waals surface area contributed by atoms with Gasteiger partial charge in [-0.2, -0.15) is 0 Å². The Balaban J connectivity index is 2.04. The fourth-order valence-corrected chi connectivity index (χ4v) is 2.01. The van der Waals surface area contributed by atoms with Crippen LogP contribution >= 0.6 is 23.8 Å². The third-order valence-electron chi connectivity index (χ3n) is 2.63. The Labute approximate surface area is 132 Å². The Morgan fingerprint density at radius 1 is 1.24 bits per heavy atom. The van der Waals surface area contributed by atoms with E-state index in [9.17, 15) is 4.79 Å². The summed E-state index contributed by atoms with van der Waals surface area (Å²) >= 11 is 10.5. The van der Waals surface area contributed by atoms with Crippen molar-refractivity contribution in [3.05, 3.63) is 64.7 Å². The Morgan fingerprint density at radius 3 is 2.71 bits per heavy atom. The molecule has 0 aliphatic carbocycles. The summed E-state index contributed by atoms with van der Waals surface area (Å²) in [4.78, 5) is 11.8. The maximum atomic E-state index is 11.8. The lowest BCUT2D eigenvalue weighted by Crippen LogP contribution is -2.34. The predicted molar refractivity (Wildman–Crippen MR) is 86.5 cm³/mol. The summed E-state index contributed by atoms with van der Waals surface area (Å²) in [5, 5.41) is 2.95. The number of nitrogens with one attached hydrogen (secondary N) is 1. The summed E-state index contributed by atoms with van der Waals surface area (Å²) < 4.78 is 5.64. The molecule has 0 aromatic heterocycles. The van der Waals surface area contributed by atoms with Crippen molar-refractivity contribution in [2.45, 2.75) is 6.61 Å². The first-order chi connectivity index (χ1) is 10.0. The lowest BCUT2D eigenvalue weighted by molar-refractivity contribution is 0.0977. The minimum absolute atomic E-state index is 0.0646. The molecule has 21 heavy (non-hydrogen) atoms. The van der Waals surface area contributed by atoms with Gasteiger partial charge in [-0.3, -0.25) is 10.1 Å². The van der Waals surface area contributed by atoms with Gasteiger partial charge in [0, 0.05) is 10.6 Å². The second-order valence-electron chi connectivity index (χ2n) is 4.26. The van der Waals surface area contributed by atoms with Gasteiger partial charge in [0.1, 0.15) is 12.4 Å². The van der Waals surface area contributed by atoms with E-state index in [1.807, 2.05) is 18.2 Å². The molecule has 2 rings (SSSR count). The third-order valence-corrected chi connectivity index (χ3v) is 2.96. The number of thiocarbonyl (C=S) groups is 1. The zero-order valence-corrected chi connectivity index (χ0v) is 12.6. The van der Waals surface area contributed by atoms with Gasteiger partial charge in [0.25, 0.3) is 5.91 Å². The van der Waals surface area contributed by atoms with Crippen LogP contribution in [0.1, 0.15) is 15.9 Å². The highest BCUT2D eigenvalue weighted by molar-refractivity contribution is 7.80. The summed E-state index contributed by atoms with van der Waals surface area (Å²) in [6.45, 7) is 0.362. The number of hydrogen-bond acceptors (Lipinski definition) is 3. The number of carbonyl (C=O) groups is 1. The average molecular weight is 321 g/mol. The maximum absolute atomic E-state index is 11.8. The van der Waals surface area contributed by atoms with Crippen molar-refractivity contribution in [2.24, 2.45) is 5.73 Å². The molecule has 0 saturated heterocycles. The van der Waals surface area contributed by atoms with Crippen LogP contribution in [0, 0.1) is 0 Å². The summed E-state index contributed by atoms with van der Waals surface area (Å²) in [5.74, 6) is 0.210. The number of halogens is 1. The predicted octanol–water partition coefficient (Wildman–Crippen LogP) is 2.89. The Bertz CT molecular complexity index is 676. The molecule has 2 aromatic carbocycles. The lowest BCUT2D eigenvalue weighted by Gasteiger charge is -2.08. The molecule has 6 heteroatoms. The second-order valence-corrected chi connectivity index (χ2v) is 5.14. The van der Waals surface area contributed by atoms with Crippen LogP contribution in [0.3, 0.4) is 0 Å². The first-order valence-corrected chi connectivity index (χ1v) is 6.91. The molecular weight excluding hydrogens is 308 g/mol. The summed E-state index contributed by atoms with van der Waals surface area (Å²) in [6, 6.07) is 14.2. The molecule has 0 spiro atoms. The van der Waals surface area contributed by atoms with Crippen LogP contribution in [0.5, 0.6) is 5.75 Å². The number of benzene rings is 2. The van der Waals surface area contributed by atoms with Gasteiger partial charge < -0.3 is 10.5 Å². The van der Waals surface area contributed by atoms with E-state index >= 15 is 0 Å². The lowest BCUT2D eigenvalue weighted by atomic mass is 10.2. The number of carbonyl (C=O) groups excluding carboxylic acids is 1. The second kappa shape index (κ2) is 7.06. The van der Waals surface area contributed by atoms with Gasteiger partial charge in [-0.1, -0.05) is 29.8 Å². The molecule has 0 aliphatic rings. The van der Waals surface area contributed by atoms with Gasteiger partial charge in [-0.25, -0.2) is 0 Å². The molecule has 2 aromatic rings. The van der Waals surface area contributed by atoms with Crippen LogP contribution in [0.15, 0.2) is 48.5 Å². The number of nitrogens with two attached hydrogens (primary N) is 1. The highest BCUT2D eigenvalue weighted by atomic mass is 35.5. The van der Waals surface area contributed by atoms with Crippen molar-refractivity contribution in [1.29, 1.82) is 0 Å². The monoisotopic (exact) mass is 320 g/mol. The van der Waals surface area contributed by atoms with Gasteiger partial charge in [0.05, 0.1) is 0 Å². The normalized spacial score (nSPS) is 9.95. The van der Waals surface area contributed by atoms with Gasteiger partial charge in [0.15, 0.2) is 5.11 Å². The summed E-state index contributed by atoms with van der Waals surface area (Å²) in [6.07, 6.45) is 0. The van der Waals surface area contributed by atoms with Gasteiger partial charge >= 0.3 is 0 Å². The molecule has 0 saturated carbocycles. The van der Waals surface area contributed by atoms with Crippen molar-refractivity contribution in [3.63, 3.8) is 0 Å². The summed E-state index contributed by atoms with van der Waals surface area (Å²) in [5.41, 5.74) is 6.64. The topological polar surface area (TPSA) is 64.3 Å². The van der Waals surface area contributed by atoms with Crippen LogP contribution < -0.4 is 15.8 Å². The van der Waals surface area contributed by atoms with E-state index in [4.69, 9.17) is 22.1 Å². The summed E-state index contributed by atoms with van der Waals surface area (Å²) in [7, 11) is 0. The zero-order chi connectivity index (χ0) is 15.2. The largest absolute Gasteiger partial charge is 0.489 e. The third kappa shape index (κ3) is 4.73. The smallest absolute Gasteiger partial charge is 0.257 e. The fraction of sp³-hybridized carbons (Fsp3) is 0.0667. The van der Waals surface area contributed by atoms with Crippen molar-refractivity contribution < 1.29 is 9.53 Å². The van der Waals surface area contributed by atoms with Crippen molar-refractivity contribution in [1.82, 2.24) is 5.32 Å². The Hall–Kier alpha value is -2.11. The van der Waals surface area contributed by atoms with E-state index in [0.717, 1.165) is 5.56 Å². The molecule has 0 bridgehead atoms. The van der Waals surface area contributed by atoms with Crippen LogP contribution in [-0.4, -0.2) is 11.0 Å². The highest BCUT2D eigenvalue weighted by Crippen LogP contribution is 2.17. The molecule has 0 atom stereocenters. The molecule has 0 radical (unpaired) electrons. The maximum Gasteiger partial charge on any atom is 0.257 e. The number of rotatable bonds is 4. The standard InChI is InChI=1S/C15H13ClN2O2S/c16-12-5-1-3-10(7-12)9-20-13-6-2-4-11(8-13)14(19)18-15(17)21/h1-8H,9H2,(H3,17,18,19,21). The first kappa shape index (κ1) is 15.3. The van der Waals surface area contributed by atoms with E-state index in [0.29, 0.717) is 22.9 Å².